The van der Waals surface area contributed by atoms with Gasteiger partial charge in [0, 0.05) is 35.6 Å². The zero-order valence-electron chi connectivity index (χ0n) is 16.8. The molecular formula is C20H18F3N7O. The maximum absolute atomic E-state index is 12.7. The van der Waals surface area contributed by atoms with Crippen molar-refractivity contribution < 1.29 is 17.9 Å². The summed E-state index contributed by atoms with van der Waals surface area (Å²) in [5, 5.41) is 8.19. The fourth-order valence-corrected chi connectivity index (χ4v) is 3.07. The Morgan fingerprint density at radius 1 is 1.06 bits per heavy atom. The third-order valence-corrected chi connectivity index (χ3v) is 4.66. The van der Waals surface area contributed by atoms with E-state index in [0.717, 1.165) is 23.6 Å². The smallest absolute Gasteiger partial charge is 0.451 e. The van der Waals surface area contributed by atoms with Gasteiger partial charge in [0.15, 0.2) is 0 Å². The molecule has 0 bridgehead atoms. The first-order chi connectivity index (χ1) is 14.8. The number of fused-ring (bicyclic) bond motifs is 1. The maximum Gasteiger partial charge on any atom is 0.451 e. The number of anilines is 1. The van der Waals surface area contributed by atoms with Crippen molar-refractivity contribution in [2.24, 2.45) is 0 Å². The van der Waals surface area contributed by atoms with Crippen molar-refractivity contribution in [1.29, 1.82) is 0 Å². The number of benzene rings is 1. The number of methoxy groups -OCH3 is 1. The molecule has 0 spiro atoms. The van der Waals surface area contributed by atoms with E-state index in [-0.39, 0.29) is 0 Å². The summed E-state index contributed by atoms with van der Waals surface area (Å²) in [6, 6.07) is 3.27. The first-order valence-corrected chi connectivity index (χ1v) is 9.26. The fourth-order valence-electron chi connectivity index (χ4n) is 3.07. The Morgan fingerprint density at radius 2 is 1.81 bits per heavy atom. The van der Waals surface area contributed by atoms with Crippen LogP contribution in [-0.4, -0.2) is 36.8 Å². The number of alkyl halides is 3. The first-order valence-electron chi connectivity index (χ1n) is 9.26. The van der Waals surface area contributed by atoms with Gasteiger partial charge in [-0.2, -0.15) is 18.3 Å². The number of aryl methyl sites for hydroxylation is 1. The number of nitrogens with zero attached hydrogens (tertiary/aromatic N) is 6. The summed E-state index contributed by atoms with van der Waals surface area (Å²) in [6.45, 7) is 3.71. The molecule has 4 aromatic rings. The van der Waals surface area contributed by atoms with Crippen LogP contribution in [-0.2, 0) is 6.18 Å². The van der Waals surface area contributed by atoms with Crippen LogP contribution in [0.3, 0.4) is 0 Å². The molecule has 11 heteroatoms. The highest BCUT2D eigenvalue weighted by Gasteiger charge is 2.34. The van der Waals surface area contributed by atoms with E-state index in [1.807, 2.05) is 25.3 Å². The van der Waals surface area contributed by atoms with Crippen molar-refractivity contribution in [3.05, 3.63) is 60.2 Å². The monoisotopic (exact) mass is 429 g/mol. The standard InChI is InChI=1S/C20H18F3N7O/c1-11-6-28-30(9-11)14-4-15-17(16(5-14)31-3)26-10-27-18(15)29-12(2)13-7-24-19(25-8-13)20(21,22)23/h4-10,12H,1-3H3,(H,26,27,29). The number of hydrogen-bond acceptors (Lipinski definition) is 7. The van der Waals surface area contributed by atoms with Gasteiger partial charge in [0.1, 0.15) is 23.4 Å². The maximum atomic E-state index is 12.7. The molecule has 8 nitrogen and oxygen atoms in total. The van der Waals surface area contributed by atoms with Gasteiger partial charge in [-0.3, -0.25) is 0 Å². The van der Waals surface area contributed by atoms with Gasteiger partial charge in [-0.15, -0.1) is 0 Å². The zero-order valence-corrected chi connectivity index (χ0v) is 16.8. The first kappa shape index (κ1) is 20.5. The van der Waals surface area contributed by atoms with Crippen LogP contribution in [0.5, 0.6) is 5.75 Å². The minimum absolute atomic E-state index is 0.415. The topological polar surface area (TPSA) is 90.6 Å². The predicted octanol–water partition coefficient (Wildman–Crippen LogP) is 4.11. The largest absolute Gasteiger partial charge is 0.494 e. The van der Waals surface area contributed by atoms with Crippen LogP contribution in [0.15, 0.2) is 43.2 Å². The molecule has 1 atom stereocenters. The molecule has 0 aliphatic heterocycles. The van der Waals surface area contributed by atoms with Crippen LogP contribution in [0.1, 0.15) is 29.9 Å². The van der Waals surface area contributed by atoms with Crippen LogP contribution in [0.2, 0.25) is 0 Å². The Morgan fingerprint density at radius 3 is 2.42 bits per heavy atom. The Balaban J connectivity index is 1.71. The van der Waals surface area contributed by atoms with Crippen molar-refractivity contribution in [3.8, 4) is 11.4 Å². The summed E-state index contributed by atoms with van der Waals surface area (Å²) in [7, 11) is 1.55. The van der Waals surface area contributed by atoms with E-state index in [1.54, 1.807) is 24.9 Å². The van der Waals surface area contributed by atoms with Crippen molar-refractivity contribution in [2.75, 3.05) is 12.4 Å². The number of halogens is 3. The molecular weight excluding hydrogens is 411 g/mol. The fraction of sp³-hybridized carbons (Fsp3) is 0.250. The molecule has 0 fully saturated rings. The highest BCUT2D eigenvalue weighted by molar-refractivity contribution is 5.94. The normalized spacial score (nSPS) is 12.7. The second-order valence-electron chi connectivity index (χ2n) is 6.93. The molecule has 0 saturated heterocycles. The molecule has 1 unspecified atom stereocenters. The Hall–Kier alpha value is -3.76. The Bertz CT molecular complexity index is 1220. The number of rotatable bonds is 5. The number of hydrogen-bond donors (Lipinski definition) is 1. The van der Waals surface area contributed by atoms with Gasteiger partial charge in [0.2, 0.25) is 5.82 Å². The minimum Gasteiger partial charge on any atom is -0.494 e. The quantitative estimate of drug-likeness (QED) is 0.510. The van der Waals surface area contributed by atoms with Crippen molar-refractivity contribution in [2.45, 2.75) is 26.1 Å². The zero-order chi connectivity index (χ0) is 22.2. The molecule has 0 radical (unpaired) electrons. The lowest BCUT2D eigenvalue weighted by Gasteiger charge is -2.17. The molecule has 1 N–H and O–H groups in total. The van der Waals surface area contributed by atoms with Crippen LogP contribution < -0.4 is 10.1 Å². The van der Waals surface area contributed by atoms with E-state index >= 15 is 0 Å². The summed E-state index contributed by atoms with van der Waals surface area (Å²) < 4.78 is 45.4. The molecule has 3 heterocycles. The van der Waals surface area contributed by atoms with Crippen LogP contribution >= 0.6 is 0 Å². The summed E-state index contributed by atoms with van der Waals surface area (Å²) >= 11 is 0. The molecule has 0 aliphatic rings. The average molecular weight is 429 g/mol. The van der Waals surface area contributed by atoms with Crippen molar-refractivity contribution >= 4 is 16.7 Å². The van der Waals surface area contributed by atoms with Crippen LogP contribution in [0.25, 0.3) is 16.6 Å². The highest BCUT2D eigenvalue weighted by atomic mass is 19.4. The molecule has 0 saturated carbocycles. The Labute approximate surface area is 175 Å². The number of ether oxygens (including phenoxy) is 1. The summed E-state index contributed by atoms with van der Waals surface area (Å²) in [6.07, 6.45) is 2.71. The van der Waals surface area contributed by atoms with Gasteiger partial charge in [0.05, 0.1) is 25.0 Å². The number of nitrogens with one attached hydrogen (secondary N) is 1. The molecule has 3 aromatic heterocycles. The van der Waals surface area contributed by atoms with Gasteiger partial charge in [-0.05, 0) is 25.5 Å². The van der Waals surface area contributed by atoms with E-state index in [1.165, 1.54) is 6.33 Å². The second-order valence-corrected chi connectivity index (χ2v) is 6.93. The van der Waals surface area contributed by atoms with E-state index in [2.05, 4.69) is 30.4 Å². The van der Waals surface area contributed by atoms with Gasteiger partial charge >= 0.3 is 6.18 Å². The van der Waals surface area contributed by atoms with Gasteiger partial charge < -0.3 is 10.1 Å². The molecule has 31 heavy (non-hydrogen) atoms. The average Bonchev–Trinajstić information content (AvgIpc) is 3.19. The third kappa shape index (κ3) is 4.11. The summed E-state index contributed by atoms with van der Waals surface area (Å²) in [4.78, 5) is 15.5. The van der Waals surface area contributed by atoms with Gasteiger partial charge in [-0.25, -0.2) is 24.6 Å². The van der Waals surface area contributed by atoms with Gasteiger partial charge in [0.25, 0.3) is 0 Å². The van der Waals surface area contributed by atoms with Gasteiger partial charge in [-0.1, -0.05) is 0 Å². The van der Waals surface area contributed by atoms with Crippen molar-refractivity contribution in [1.82, 2.24) is 29.7 Å². The molecule has 0 amide bonds. The third-order valence-electron chi connectivity index (χ3n) is 4.66. The highest BCUT2D eigenvalue weighted by Crippen LogP contribution is 2.32. The lowest BCUT2D eigenvalue weighted by Crippen LogP contribution is -2.14. The van der Waals surface area contributed by atoms with E-state index in [0.29, 0.717) is 28.0 Å². The van der Waals surface area contributed by atoms with Crippen molar-refractivity contribution in [3.63, 3.8) is 0 Å². The lowest BCUT2D eigenvalue weighted by atomic mass is 10.1. The van der Waals surface area contributed by atoms with Crippen LogP contribution in [0, 0.1) is 6.92 Å². The molecule has 0 aliphatic carbocycles. The van der Waals surface area contributed by atoms with E-state index < -0.39 is 18.0 Å². The second kappa shape index (κ2) is 7.82. The molecule has 1 aromatic carbocycles. The van der Waals surface area contributed by atoms with E-state index in [9.17, 15) is 13.2 Å². The predicted molar refractivity (Wildman–Crippen MR) is 107 cm³/mol. The summed E-state index contributed by atoms with van der Waals surface area (Å²) in [5.74, 6) is -0.155. The Kier molecular flexibility index (Phi) is 5.17. The minimum atomic E-state index is -4.59. The SMILES string of the molecule is COc1cc(-n2cc(C)cn2)cc2c(NC(C)c3cnc(C(F)(F)F)nc3)ncnc12. The molecule has 4 rings (SSSR count). The molecule has 160 valence electrons. The number of aromatic nitrogens is 6. The lowest BCUT2D eigenvalue weighted by molar-refractivity contribution is -0.145. The van der Waals surface area contributed by atoms with Crippen LogP contribution in [0.4, 0.5) is 19.0 Å². The summed E-state index contributed by atoms with van der Waals surface area (Å²) in [5.41, 5.74) is 2.81. The van der Waals surface area contributed by atoms with E-state index in [4.69, 9.17) is 4.74 Å².